The van der Waals surface area contributed by atoms with Crippen molar-refractivity contribution in [2.75, 3.05) is 14.1 Å². The van der Waals surface area contributed by atoms with Crippen molar-refractivity contribution in [1.29, 1.82) is 0 Å². The lowest BCUT2D eigenvalue weighted by Crippen LogP contribution is -2.54. The molecule has 0 spiro atoms. The molecule has 40 heavy (non-hydrogen) atoms. The van der Waals surface area contributed by atoms with E-state index >= 15 is 0 Å². The van der Waals surface area contributed by atoms with Crippen molar-refractivity contribution in [2.45, 2.75) is 75.5 Å². The summed E-state index contributed by atoms with van der Waals surface area (Å²) in [4.78, 5) is 28.8. The van der Waals surface area contributed by atoms with Crippen molar-refractivity contribution in [3.8, 4) is 23.0 Å². The molecule has 1 heterocycles. The van der Waals surface area contributed by atoms with Gasteiger partial charge in [-0.3, -0.25) is 9.59 Å². The zero-order valence-electron chi connectivity index (χ0n) is 22.5. The molecule has 7 N–H and O–H groups in total. The number of phenolic OH excluding ortho intramolecular Hbond substituents is 4. The van der Waals surface area contributed by atoms with Gasteiger partial charge in [-0.25, -0.2) is 0 Å². The number of aromatic hydroxyl groups is 4. The first kappa shape index (κ1) is 28.3. The number of phenols is 4. The van der Waals surface area contributed by atoms with Crippen molar-refractivity contribution >= 4 is 11.6 Å². The number of aliphatic hydroxyl groups is 3. The van der Waals surface area contributed by atoms with E-state index in [1.165, 1.54) is 0 Å². The van der Waals surface area contributed by atoms with Crippen LogP contribution in [0.1, 0.15) is 88.3 Å². The fourth-order valence-corrected chi connectivity index (χ4v) is 6.21. The summed E-state index contributed by atoms with van der Waals surface area (Å²) in [6.45, 7) is 3.29. The van der Waals surface area contributed by atoms with Crippen LogP contribution in [0.2, 0.25) is 0 Å². The first-order chi connectivity index (χ1) is 18.7. The summed E-state index contributed by atoms with van der Waals surface area (Å²) in [6.07, 6.45) is -5.66. The Morgan fingerprint density at radius 1 is 0.950 bits per heavy atom. The molecule has 0 bridgehead atoms. The molecule has 0 amide bonds. The molecule has 0 unspecified atom stereocenters. The van der Waals surface area contributed by atoms with Crippen LogP contribution in [0.4, 0.5) is 0 Å². The third kappa shape index (κ3) is 3.98. The monoisotopic (exact) mass is 559 g/mol. The van der Waals surface area contributed by atoms with E-state index in [1.54, 1.807) is 32.8 Å². The Morgan fingerprint density at radius 2 is 1.48 bits per heavy atom. The van der Waals surface area contributed by atoms with Gasteiger partial charge in [-0.2, -0.15) is 0 Å². The fraction of sp³-hybridized carbons (Fsp3) is 0.500. The number of aliphatic hydroxyl groups excluding tert-OH is 2. The van der Waals surface area contributed by atoms with Crippen molar-refractivity contribution in [3.63, 3.8) is 0 Å². The smallest absolute Gasteiger partial charge is 0.202 e. The number of likely N-dealkylation sites (N-methyl/N-ethyl adjacent to an activating group) is 1. The van der Waals surface area contributed by atoms with Gasteiger partial charge in [-0.15, -0.1) is 0 Å². The number of rotatable bonds is 4. The van der Waals surface area contributed by atoms with Crippen LogP contribution < -0.4 is 0 Å². The van der Waals surface area contributed by atoms with Gasteiger partial charge in [0, 0.05) is 30.0 Å². The molecule has 2 aromatic carbocycles. The molecule has 0 radical (unpaired) electrons. The minimum Gasteiger partial charge on any atom is -0.507 e. The maximum Gasteiger partial charge on any atom is 0.202 e. The third-order valence-electron chi connectivity index (χ3n) is 8.46. The summed E-state index contributed by atoms with van der Waals surface area (Å²) < 4.78 is 12.1. The highest BCUT2D eigenvalue weighted by atomic mass is 16.7. The van der Waals surface area contributed by atoms with Crippen molar-refractivity contribution < 1.29 is 54.8 Å². The lowest BCUT2D eigenvalue weighted by atomic mass is 9.70. The van der Waals surface area contributed by atoms with Crippen LogP contribution in [0, 0.1) is 0 Å². The number of nitrogens with zero attached hydrogens (tertiary/aromatic N) is 1. The van der Waals surface area contributed by atoms with E-state index in [2.05, 4.69) is 0 Å². The minimum atomic E-state index is -1.80. The summed E-state index contributed by atoms with van der Waals surface area (Å²) in [5.41, 5.74) is -4.82. The Morgan fingerprint density at radius 3 is 1.98 bits per heavy atom. The predicted octanol–water partition coefficient (Wildman–Crippen LogP) is 1.35. The predicted molar refractivity (Wildman–Crippen MR) is 137 cm³/mol. The summed E-state index contributed by atoms with van der Waals surface area (Å²) in [6, 6.07) is 1.65. The normalized spacial score (nSPS) is 31.6. The number of ketones is 2. The topological polar surface area (TPSA) is 197 Å². The van der Waals surface area contributed by atoms with Gasteiger partial charge in [0.1, 0.15) is 29.1 Å². The lowest BCUT2D eigenvalue weighted by molar-refractivity contribution is -0.279. The Balaban J connectivity index is 1.70. The van der Waals surface area contributed by atoms with Gasteiger partial charge in [0.25, 0.3) is 0 Å². The minimum absolute atomic E-state index is 0.0256. The summed E-state index contributed by atoms with van der Waals surface area (Å²) in [5.74, 6) is -4.96. The summed E-state index contributed by atoms with van der Waals surface area (Å²) in [5, 5.41) is 76.8. The summed E-state index contributed by atoms with van der Waals surface area (Å²) in [7, 11) is 3.56. The van der Waals surface area contributed by atoms with Crippen molar-refractivity contribution in [3.05, 3.63) is 45.5 Å². The van der Waals surface area contributed by atoms with Gasteiger partial charge in [0.2, 0.25) is 11.6 Å². The van der Waals surface area contributed by atoms with Gasteiger partial charge >= 0.3 is 0 Å². The Hall–Kier alpha value is -3.26. The molecule has 7 atom stereocenters. The van der Waals surface area contributed by atoms with Crippen molar-refractivity contribution in [1.82, 2.24) is 4.90 Å². The van der Waals surface area contributed by atoms with Gasteiger partial charge in [0.15, 0.2) is 6.29 Å². The number of benzene rings is 2. The highest BCUT2D eigenvalue weighted by Gasteiger charge is 2.52. The van der Waals surface area contributed by atoms with Crippen LogP contribution >= 0.6 is 0 Å². The maximum absolute atomic E-state index is 13.6. The molecule has 2 aliphatic carbocycles. The number of carbonyl (C=O) groups excluding carboxylic acids is 2. The third-order valence-corrected chi connectivity index (χ3v) is 8.46. The molecular weight excluding hydrogens is 526 g/mol. The van der Waals surface area contributed by atoms with Crippen molar-refractivity contribution in [2.24, 2.45) is 0 Å². The van der Waals surface area contributed by atoms with Crippen LogP contribution in [0.3, 0.4) is 0 Å². The largest absolute Gasteiger partial charge is 0.507 e. The average Bonchev–Trinajstić information content (AvgIpc) is 2.89. The molecule has 0 aromatic heterocycles. The van der Waals surface area contributed by atoms with Gasteiger partial charge in [-0.1, -0.05) is 6.92 Å². The summed E-state index contributed by atoms with van der Waals surface area (Å²) >= 11 is 0. The van der Waals surface area contributed by atoms with E-state index in [-0.39, 0.29) is 36.4 Å². The standard InChI is InChI=1S/C28H33NO11/c1-5-28(38)9-14(32)18-21(27(28)40-15-8-11(29(3)4)22(33)10(2)39-15)26(37)20-19(25(18)36)23(34)16-12(30)6-7-13(31)17(16)24(20)35/h6-7,10-11,14-15,22,27,30-33,36-38H,5,8-9H2,1-4H3/t10-,11-,14-,15-,22+,27-,28+/m1/s1. The molecule has 216 valence electrons. The molecule has 12 nitrogen and oxygen atoms in total. The fourth-order valence-electron chi connectivity index (χ4n) is 6.21. The first-order valence-electron chi connectivity index (χ1n) is 13.0. The maximum atomic E-state index is 13.6. The molecule has 0 saturated carbocycles. The SMILES string of the molecule is CC[C@]1(O)C[C@@H](O)c2c(O)c3c(c(O)c2[C@H]1O[C@@H]1C[C@@H](N(C)C)[C@@H](O)[C@@H](C)O1)C(=O)c1c(O)ccc(O)c1C3=O. The van der Waals surface area contributed by atoms with Crippen LogP contribution in [0.5, 0.6) is 23.0 Å². The van der Waals surface area contributed by atoms with Crippen LogP contribution in [-0.4, -0.2) is 96.4 Å². The number of ether oxygens (including phenoxy) is 2. The number of carbonyl (C=O) groups is 2. The lowest BCUT2D eigenvalue weighted by Gasteiger charge is -2.47. The Bertz CT molecular complexity index is 1410. The molecule has 1 fully saturated rings. The molecule has 5 rings (SSSR count). The second-order valence-corrected chi connectivity index (χ2v) is 11.0. The molecule has 1 saturated heterocycles. The average molecular weight is 560 g/mol. The second kappa shape index (κ2) is 9.68. The number of hydrogen-bond donors (Lipinski definition) is 7. The van der Waals surface area contributed by atoms with Crippen LogP contribution in [0.25, 0.3) is 0 Å². The molecular formula is C28H33NO11. The number of hydrogen-bond acceptors (Lipinski definition) is 12. The van der Waals surface area contributed by atoms with Gasteiger partial charge in [0.05, 0.1) is 46.2 Å². The zero-order chi connectivity index (χ0) is 29.4. The van der Waals surface area contributed by atoms with Gasteiger partial charge < -0.3 is 50.1 Å². The Labute approximate surface area is 229 Å². The second-order valence-electron chi connectivity index (χ2n) is 11.0. The van der Waals surface area contributed by atoms with E-state index < -0.39 is 93.1 Å². The highest BCUT2D eigenvalue weighted by molar-refractivity contribution is 6.32. The van der Waals surface area contributed by atoms with Crippen LogP contribution in [0.15, 0.2) is 12.1 Å². The highest BCUT2D eigenvalue weighted by Crippen LogP contribution is 2.57. The first-order valence-corrected chi connectivity index (χ1v) is 13.0. The van der Waals surface area contributed by atoms with E-state index in [9.17, 15) is 45.3 Å². The van der Waals surface area contributed by atoms with E-state index in [0.29, 0.717) is 0 Å². The van der Waals surface area contributed by atoms with E-state index in [0.717, 1.165) is 12.1 Å². The molecule has 3 aliphatic rings. The zero-order valence-corrected chi connectivity index (χ0v) is 22.5. The molecule has 12 heteroatoms. The van der Waals surface area contributed by atoms with E-state index in [4.69, 9.17) is 9.47 Å². The van der Waals surface area contributed by atoms with E-state index in [1.807, 2.05) is 0 Å². The number of fused-ring (bicyclic) bond motifs is 3. The Kier molecular flexibility index (Phi) is 6.85. The molecule has 2 aromatic rings. The van der Waals surface area contributed by atoms with Gasteiger partial charge in [-0.05, 0) is 39.6 Å². The van der Waals surface area contributed by atoms with Crippen LogP contribution in [-0.2, 0) is 9.47 Å². The quantitative estimate of drug-likeness (QED) is 0.227. The molecule has 1 aliphatic heterocycles.